The van der Waals surface area contributed by atoms with Gasteiger partial charge in [0.15, 0.2) is 23.3 Å². The van der Waals surface area contributed by atoms with Crippen LogP contribution in [0.3, 0.4) is 0 Å². The number of hydrogen-bond donors (Lipinski definition) is 1. The van der Waals surface area contributed by atoms with Crippen LogP contribution < -0.4 is 5.32 Å². The molecule has 1 aliphatic heterocycles. The van der Waals surface area contributed by atoms with Crippen molar-refractivity contribution < 1.29 is 31.5 Å². The molecule has 0 bridgehead atoms. The molecular weight excluding hydrogens is 383 g/mol. The topological polar surface area (TPSA) is 41.6 Å². The zero-order chi connectivity index (χ0) is 20.8. The third-order valence-electron chi connectivity index (χ3n) is 5.25. The number of ether oxygens (including phenoxy) is 1. The molecule has 1 saturated heterocycles. The molecule has 158 valence electrons. The monoisotopic (exact) mass is 408 g/mol. The predicted molar refractivity (Wildman–Crippen MR) is 93.2 cm³/mol. The van der Waals surface area contributed by atoms with E-state index in [9.17, 15) is 26.7 Å². The minimum Gasteiger partial charge on any atom is -0.379 e. The maximum absolute atomic E-state index is 13.8. The van der Waals surface area contributed by atoms with Crippen molar-refractivity contribution in [2.75, 3.05) is 32.8 Å². The molecule has 0 aromatic heterocycles. The smallest absolute Gasteiger partial charge is 0.224 e. The molecule has 2 rings (SSSR count). The fraction of sp³-hybridized carbons (Fsp3) is 0.632. The highest BCUT2D eigenvalue weighted by atomic mass is 19.2. The van der Waals surface area contributed by atoms with Crippen molar-refractivity contribution in [1.82, 2.24) is 10.2 Å². The number of nitrogens with zero attached hydrogens (tertiary/aromatic N) is 1. The Bertz CT molecular complexity index is 662. The molecular formula is C19H25F5N2O2. The van der Waals surface area contributed by atoms with Gasteiger partial charge < -0.3 is 10.1 Å². The van der Waals surface area contributed by atoms with E-state index in [1.807, 2.05) is 13.8 Å². The Hall–Kier alpha value is -1.74. The zero-order valence-electron chi connectivity index (χ0n) is 16.0. The van der Waals surface area contributed by atoms with Crippen LogP contribution in [0.4, 0.5) is 22.0 Å². The van der Waals surface area contributed by atoms with Crippen molar-refractivity contribution in [3.8, 4) is 0 Å². The fourth-order valence-electron chi connectivity index (χ4n) is 3.58. The molecule has 1 aromatic carbocycles. The SMILES string of the molecule is CCC(CC)[C@H](CNC(=O)Cc1c(F)c(F)c(F)c(F)c1F)N1CCOCC1. The highest BCUT2D eigenvalue weighted by molar-refractivity contribution is 5.78. The maximum atomic E-state index is 13.8. The molecule has 1 heterocycles. The number of nitrogens with one attached hydrogen (secondary N) is 1. The highest BCUT2D eigenvalue weighted by Crippen LogP contribution is 2.24. The lowest BCUT2D eigenvalue weighted by atomic mass is 9.92. The first kappa shape index (κ1) is 22.5. The Morgan fingerprint density at radius 3 is 1.96 bits per heavy atom. The van der Waals surface area contributed by atoms with Gasteiger partial charge in [0, 0.05) is 31.2 Å². The molecule has 28 heavy (non-hydrogen) atoms. The first-order valence-electron chi connectivity index (χ1n) is 9.40. The minimum atomic E-state index is -2.24. The molecule has 1 amide bonds. The molecule has 1 fully saturated rings. The second-order valence-electron chi connectivity index (χ2n) is 6.82. The third-order valence-corrected chi connectivity index (χ3v) is 5.25. The van der Waals surface area contributed by atoms with Gasteiger partial charge >= 0.3 is 0 Å². The van der Waals surface area contributed by atoms with Crippen molar-refractivity contribution >= 4 is 5.91 Å². The third kappa shape index (κ3) is 5.00. The molecule has 0 aliphatic carbocycles. The zero-order valence-corrected chi connectivity index (χ0v) is 16.0. The number of hydrogen-bond acceptors (Lipinski definition) is 3. The summed E-state index contributed by atoms with van der Waals surface area (Å²) in [6.45, 7) is 6.87. The van der Waals surface area contributed by atoms with E-state index in [1.165, 1.54) is 0 Å². The van der Waals surface area contributed by atoms with Gasteiger partial charge in [0.1, 0.15) is 0 Å². The van der Waals surface area contributed by atoms with Gasteiger partial charge in [0.25, 0.3) is 0 Å². The van der Waals surface area contributed by atoms with Crippen LogP contribution in [0.5, 0.6) is 0 Å². The number of morpholine rings is 1. The number of rotatable bonds is 8. The maximum Gasteiger partial charge on any atom is 0.224 e. The lowest BCUT2D eigenvalue weighted by Crippen LogP contribution is -2.52. The van der Waals surface area contributed by atoms with Crippen molar-refractivity contribution in [2.45, 2.75) is 39.2 Å². The molecule has 1 N–H and O–H groups in total. The van der Waals surface area contributed by atoms with Crippen LogP contribution in [0.15, 0.2) is 0 Å². The lowest BCUT2D eigenvalue weighted by Gasteiger charge is -2.38. The molecule has 0 spiro atoms. The van der Waals surface area contributed by atoms with Gasteiger partial charge in [-0.15, -0.1) is 0 Å². The average Bonchev–Trinajstić information content (AvgIpc) is 2.72. The number of carbonyl (C=O) groups is 1. The van der Waals surface area contributed by atoms with Crippen molar-refractivity contribution in [1.29, 1.82) is 0 Å². The Morgan fingerprint density at radius 2 is 1.46 bits per heavy atom. The van der Waals surface area contributed by atoms with Gasteiger partial charge in [-0.2, -0.15) is 0 Å². The van der Waals surface area contributed by atoms with Crippen LogP contribution in [0, 0.1) is 35.0 Å². The Balaban J connectivity index is 2.09. The normalized spacial score (nSPS) is 16.4. The first-order chi connectivity index (χ1) is 13.3. The van der Waals surface area contributed by atoms with E-state index in [-0.39, 0.29) is 18.5 Å². The van der Waals surface area contributed by atoms with Crippen molar-refractivity contribution in [3.63, 3.8) is 0 Å². The van der Waals surface area contributed by atoms with Gasteiger partial charge in [0.2, 0.25) is 11.7 Å². The van der Waals surface area contributed by atoms with Crippen LogP contribution in [0.25, 0.3) is 0 Å². The Kier molecular flexibility index (Phi) is 8.18. The van der Waals surface area contributed by atoms with E-state index in [0.717, 1.165) is 12.8 Å². The number of carbonyl (C=O) groups excluding carboxylic acids is 1. The van der Waals surface area contributed by atoms with E-state index in [1.54, 1.807) is 0 Å². The lowest BCUT2D eigenvalue weighted by molar-refractivity contribution is -0.121. The van der Waals surface area contributed by atoms with E-state index in [0.29, 0.717) is 26.3 Å². The van der Waals surface area contributed by atoms with Gasteiger partial charge in [0.05, 0.1) is 19.6 Å². The Labute approximate surface area is 161 Å². The second-order valence-corrected chi connectivity index (χ2v) is 6.82. The largest absolute Gasteiger partial charge is 0.379 e. The van der Waals surface area contributed by atoms with Gasteiger partial charge in [-0.05, 0) is 5.92 Å². The molecule has 4 nitrogen and oxygen atoms in total. The second kappa shape index (κ2) is 10.2. The molecule has 9 heteroatoms. The van der Waals surface area contributed by atoms with E-state index in [2.05, 4.69) is 10.2 Å². The standard InChI is InChI=1S/C19H25F5N2O2/c1-3-11(4-2)13(26-5-7-28-8-6-26)10-25-14(27)9-12-15(20)17(22)19(24)18(23)16(12)21/h11,13H,3-10H2,1-2H3,(H,25,27)/t13-/m0/s1. The van der Waals surface area contributed by atoms with Gasteiger partial charge in [-0.1, -0.05) is 26.7 Å². The number of amides is 1. The van der Waals surface area contributed by atoms with Crippen LogP contribution in [-0.4, -0.2) is 49.7 Å². The summed E-state index contributed by atoms with van der Waals surface area (Å²) < 4.78 is 72.6. The average molecular weight is 408 g/mol. The molecule has 1 aromatic rings. The number of benzene rings is 1. The number of halogens is 5. The molecule has 0 unspecified atom stereocenters. The van der Waals surface area contributed by atoms with Crippen LogP contribution in [-0.2, 0) is 16.0 Å². The van der Waals surface area contributed by atoms with E-state index in [4.69, 9.17) is 4.74 Å². The quantitative estimate of drug-likeness (QED) is 0.408. The molecule has 0 radical (unpaired) electrons. The molecule has 1 atom stereocenters. The van der Waals surface area contributed by atoms with Crippen LogP contribution in [0.1, 0.15) is 32.3 Å². The summed E-state index contributed by atoms with van der Waals surface area (Å²) in [6.07, 6.45) is 0.836. The van der Waals surface area contributed by atoms with E-state index >= 15 is 0 Å². The molecule has 1 aliphatic rings. The van der Waals surface area contributed by atoms with Crippen molar-refractivity contribution in [3.05, 3.63) is 34.6 Å². The van der Waals surface area contributed by atoms with E-state index < -0.39 is 47.0 Å². The summed E-state index contributed by atoms with van der Waals surface area (Å²) in [5.74, 6) is -10.8. The summed E-state index contributed by atoms with van der Waals surface area (Å²) in [4.78, 5) is 14.4. The summed E-state index contributed by atoms with van der Waals surface area (Å²) in [5.41, 5.74) is -1.13. The summed E-state index contributed by atoms with van der Waals surface area (Å²) >= 11 is 0. The Morgan fingerprint density at radius 1 is 0.964 bits per heavy atom. The van der Waals surface area contributed by atoms with Crippen molar-refractivity contribution in [2.24, 2.45) is 5.92 Å². The molecule has 0 saturated carbocycles. The summed E-state index contributed by atoms with van der Waals surface area (Å²) in [5, 5.41) is 2.59. The predicted octanol–water partition coefficient (Wildman–Crippen LogP) is 3.18. The van der Waals surface area contributed by atoms with Gasteiger partial charge in [-0.3, -0.25) is 9.69 Å². The fourth-order valence-corrected chi connectivity index (χ4v) is 3.58. The summed E-state index contributed by atoms with van der Waals surface area (Å²) in [6, 6.07) is -0.000709. The van der Waals surface area contributed by atoms with Crippen LogP contribution >= 0.6 is 0 Å². The minimum absolute atomic E-state index is 0.000709. The summed E-state index contributed by atoms with van der Waals surface area (Å²) in [7, 11) is 0. The first-order valence-corrected chi connectivity index (χ1v) is 9.40. The highest BCUT2D eigenvalue weighted by Gasteiger charge is 2.29. The van der Waals surface area contributed by atoms with Gasteiger partial charge in [-0.25, -0.2) is 22.0 Å². The van der Waals surface area contributed by atoms with Crippen LogP contribution in [0.2, 0.25) is 0 Å².